The van der Waals surface area contributed by atoms with Crippen molar-refractivity contribution >= 4 is 27.5 Å². The molecule has 0 saturated carbocycles. The monoisotopic (exact) mass is 279 g/mol. The molecule has 0 spiro atoms. The first-order chi connectivity index (χ1) is 6.74. The summed E-state index contributed by atoms with van der Waals surface area (Å²) < 4.78 is 12.8. The highest BCUT2D eigenvalue weighted by Gasteiger charge is 2.00. The first kappa shape index (κ1) is 12.0. The number of hydrogen-bond donors (Lipinski definition) is 1. The van der Waals surface area contributed by atoms with Crippen LogP contribution in [0, 0.1) is 0 Å². The van der Waals surface area contributed by atoms with Gasteiger partial charge in [0.15, 0.2) is 0 Å². The standard InChI is InChI=1S/C10H12BrClFN/c11-9-2-3-10(12)8(6-9)7-14-5-1-4-13/h2-3,6,14H,1,4-5,7H2. The van der Waals surface area contributed by atoms with Gasteiger partial charge < -0.3 is 5.32 Å². The number of nitrogens with one attached hydrogen (secondary N) is 1. The third-order valence-electron chi connectivity index (χ3n) is 1.81. The Bertz CT molecular complexity index is 293. The number of rotatable bonds is 5. The smallest absolute Gasteiger partial charge is 0.0906 e. The van der Waals surface area contributed by atoms with Crippen LogP contribution in [0.3, 0.4) is 0 Å². The molecule has 0 aliphatic rings. The van der Waals surface area contributed by atoms with Crippen molar-refractivity contribution in [1.82, 2.24) is 5.32 Å². The summed E-state index contributed by atoms with van der Waals surface area (Å²) >= 11 is 9.35. The molecule has 1 N–H and O–H groups in total. The summed E-state index contributed by atoms with van der Waals surface area (Å²) in [6.45, 7) is 1.08. The second-order valence-electron chi connectivity index (χ2n) is 2.96. The molecule has 78 valence electrons. The molecule has 1 aromatic rings. The van der Waals surface area contributed by atoms with Crippen LogP contribution in [0.2, 0.25) is 5.02 Å². The Morgan fingerprint density at radius 1 is 1.43 bits per heavy atom. The number of benzene rings is 1. The van der Waals surface area contributed by atoms with Gasteiger partial charge in [-0.2, -0.15) is 0 Å². The highest BCUT2D eigenvalue weighted by Crippen LogP contribution is 2.20. The van der Waals surface area contributed by atoms with E-state index in [2.05, 4.69) is 21.2 Å². The Kier molecular flexibility index (Phi) is 5.45. The lowest BCUT2D eigenvalue weighted by Gasteiger charge is -2.06. The molecular weight excluding hydrogens is 268 g/mol. The average Bonchev–Trinajstić information content (AvgIpc) is 2.18. The minimum atomic E-state index is -0.279. The number of alkyl halides is 1. The van der Waals surface area contributed by atoms with E-state index >= 15 is 0 Å². The van der Waals surface area contributed by atoms with Crippen LogP contribution in [0.5, 0.6) is 0 Å². The quantitative estimate of drug-likeness (QED) is 0.813. The lowest BCUT2D eigenvalue weighted by atomic mass is 10.2. The summed E-state index contributed by atoms with van der Waals surface area (Å²) in [4.78, 5) is 0. The summed E-state index contributed by atoms with van der Waals surface area (Å²) in [5.74, 6) is 0. The Labute approximate surface area is 96.8 Å². The second kappa shape index (κ2) is 6.38. The molecule has 1 rings (SSSR count). The predicted octanol–water partition coefficient (Wildman–Crippen LogP) is 3.55. The van der Waals surface area contributed by atoms with Gasteiger partial charge in [0.25, 0.3) is 0 Å². The Balaban J connectivity index is 2.45. The first-order valence-electron chi connectivity index (χ1n) is 4.44. The fourth-order valence-electron chi connectivity index (χ4n) is 1.09. The van der Waals surface area contributed by atoms with Crippen LogP contribution in [0.1, 0.15) is 12.0 Å². The Morgan fingerprint density at radius 2 is 2.21 bits per heavy atom. The van der Waals surface area contributed by atoms with Gasteiger partial charge in [0.2, 0.25) is 0 Å². The summed E-state index contributed by atoms with van der Waals surface area (Å²) in [5.41, 5.74) is 1.03. The van der Waals surface area contributed by atoms with Crippen LogP contribution >= 0.6 is 27.5 Å². The summed E-state index contributed by atoms with van der Waals surface area (Å²) in [7, 11) is 0. The second-order valence-corrected chi connectivity index (χ2v) is 4.28. The number of halogens is 3. The third-order valence-corrected chi connectivity index (χ3v) is 2.67. The molecule has 0 bridgehead atoms. The van der Waals surface area contributed by atoms with Crippen LogP contribution in [0.15, 0.2) is 22.7 Å². The van der Waals surface area contributed by atoms with Crippen molar-refractivity contribution in [2.24, 2.45) is 0 Å². The summed E-state index contributed by atoms with van der Waals surface area (Å²) in [6.07, 6.45) is 0.547. The molecule has 4 heteroatoms. The molecule has 14 heavy (non-hydrogen) atoms. The molecule has 0 amide bonds. The molecule has 0 heterocycles. The lowest BCUT2D eigenvalue weighted by molar-refractivity contribution is 0.459. The Hall–Kier alpha value is -0.120. The van der Waals surface area contributed by atoms with E-state index < -0.39 is 0 Å². The SMILES string of the molecule is FCCCNCc1cc(Br)ccc1Cl. The van der Waals surface area contributed by atoms with E-state index in [0.29, 0.717) is 19.5 Å². The van der Waals surface area contributed by atoms with Crippen molar-refractivity contribution in [2.75, 3.05) is 13.2 Å². The van der Waals surface area contributed by atoms with Crippen LogP contribution in [0.25, 0.3) is 0 Å². The highest BCUT2D eigenvalue weighted by atomic mass is 79.9. The van der Waals surface area contributed by atoms with Crippen LogP contribution < -0.4 is 5.32 Å². The van der Waals surface area contributed by atoms with Crippen molar-refractivity contribution in [1.29, 1.82) is 0 Å². The van der Waals surface area contributed by atoms with Gasteiger partial charge in [-0.3, -0.25) is 4.39 Å². The maximum absolute atomic E-state index is 11.8. The van der Waals surface area contributed by atoms with Gasteiger partial charge in [-0.1, -0.05) is 27.5 Å². The van der Waals surface area contributed by atoms with Gasteiger partial charge in [0.05, 0.1) is 6.67 Å². The first-order valence-corrected chi connectivity index (χ1v) is 5.61. The van der Waals surface area contributed by atoms with Gasteiger partial charge in [0, 0.05) is 16.0 Å². The molecule has 1 aromatic carbocycles. The maximum atomic E-state index is 11.8. The normalized spacial score (nSPS) is 10.5. The molecule has 0 aromatic heterocycles. The highest BCUT2D eigenvalue weighted by molar-refractivity contribution is 9.10. The van der Waals surface area contributed by atoms with Crippen molar-refractivity contribution in [3.63, 3.8) is 0 Å². The van der Waals surface area contributed by atoms with Gasteiger partial charge >= 0.3 is 0 Å². The van der Waals surface area contributed by atoms with Gasteiger partial charge in [0.1, 0.15) is 0 Å². The summed E-state index contributed by atoms with van der Waals surface area (Å²) in [6, 6.07) is 5.70. The van der Waals surface area contributed by atoms with Gasteiger partial charge in [-0.25, -0.2) is 0 Å². The minimum Gasteiger partial charge on any atom is -0.313 e. The predicted molar refractivity (Wildman–Crippen MR) is 61.5 cm³/mol. The van der Waals surface area contributed by atoms with E-state index in [1.807, 2.05) is 18.2 Å². The molecular formula is C10H12BrClFN. The van der Waals surface area contributed by atoms with Crippen molar-refractivity contribution in [3.05, 3.63) is 33.3 Å². The molecule has 0 aliphatic carbocycles. The molecule has 0 fully saturated rings. The van der Waals surface area contributed by atoms with Crippen LogP contribution in [-0.2, 0) is 6.54 Å². The van der Waals surface area contributed by atoms with Crippen molar-refractivity contribution < 1.29 is 4.39 Å². The van der Waals surface area contributed by atoms with Crippen molar-refractivity contribution in [2.45, 2.75) is 13.0 Å². The van der Waals surface area contributed by atoms with E-state index in [1.54, 1.807) is 0 Å². The molecule has 1 nitrogen and oxygen atoms in total. The van der Waals surface area contributed by atoms with Gasteiger partial charge in [-0.05, 0) is 36.7 Å². The fraction of sp³-hybridized carbons (Fsp3) is 0.400. The molecule has 0 saturated heterocycles. The van der Waals surface area contributed by atoms with E-state index in [1.165, 1.54) is 0 Å². The van der Waals surface area contributed by atoms with Crippen LogP contribution in [-0.4, -0.2) is 13.2 Å². The lowest BCUT2D eigenvalue weighted by Crippen LogP contribution is -2.15. The number of hydrogen-bond acceptors (Lipinski definition) is 1. The van der Waals surface area contributed by atoms with E-state index in [4.69, 9.17) is 11.6 Å². The van der Waals surface area contributed by atoms with E-state index in [9.17, 15) is 4.39 Å². The summed E-state index contributed by atoms with van der Waals surface area (Å²) in [5, 5.41) is 3.86. The molecule has 0 unspecified atom stereocenters. The molecule has 0 radical (unpaired) electrons. The fourth-order valence-corrected chi connectivity index (χ4v) is 1.69. The van der Waals surface area contributed by atoms with Crippen molar-refractivity contribution in [3.8, 4) is 0 Å². The van der Waals surface area contributed by atoms with E-state index in [0.717, 1.165) is 15.1 Å². The topological polar surface area (TPSA) is 12.0 Å². The largest absolute Gasteiger partial charge is 0.313 e. The zero-order valence-corrected chi connectivity index (χ0v) is 10.0. The van der Waals surface area contributed by atoms with Gasteiger partial charge in [-0.15, -0.1) is 0 Å². The minimum absolute atomic E-state index is 0.279. The zero-order valence-electron chi connectivity index (χ0n) is 7.69. The zero-order chi connectivity index (χ0) is 10.4. The third kappa shape index (κ3) is 3.95. The Morgan fingerprint density at radius 3 is 2.93 bits per heavy atom. The average molecular weight is 281 g/mol. The molecule has 0 atom stereocenters. The maximum Gasteiger partial charge on any atom is 0.0906 e. The van der Waals surface area contributed by atoms with E-state index in [-0.39, 0.29) is 6.67 Å². The molecule has 0 aliphatic heterocycles. The van der Waals surface area contributed by atoms with Crippen LogP contribution in [0.4, 0.5) is 4.39 Å².